The first kappa shape index (κ1) is 13.1. The smallest absolute Gasteiger partial charge is 0.258 e. The molecule has 2 aromatic rings. The lowest BCUT2D eigenvalue weighted by molar-refractivity contribution is -0.0425. The fraction of sp³-hybridized carbons (Fsp3) is 0.400. The van der Waals surface area contributed by atoms with Gasteiger partial charge in [0, 0.05) is 18.5 Å². The third-order valence-corrected chi connectivity index (χ3v) is 3.74. The highest BCUT2D eigenvalue weighted by molar-refractivity contribution is 6.06. The molecular weight excluding hydrogens is 256 g/mol. The van der Waals surface area contributed by atoms with Crippen LogP contribution >= 0.6 is 0 Å². The Morgan fingerprint density at radius 1 is 1.45 bits per heavy atom. The van der Waals surface area contributed by atoms with Crippen LogP contribution in [0.2, 0.25) is 0 Å². The van der Waals surface area contributed by atoms with Crippen molar-refractivity contribution in [2.45, 2.75) is 19.1 Å². The monoisotopic (exact) mass is 274 g/mol. The lowest BCUT2D eigenvalue weighted by Crippen LogP contribution is -2.52. The standard InChI is InChI=1S/C15H18N2O3/c1-10-8-19-11(6-16)7-17(10)15(18)13-9-20-14-5-3-2-4-12(13)14/h2-5,9-11H,6-8,16H2,1H3. The summed E-state index contributed by atoms with van der Waals surface area (Å²) in [5.41, 5.74) is 6.97. The largest absolute Gasteiger partial charge is 0.463 e. The van der Waals surface area contributed by atoms with Crippen molar-refractivity contribution in [1.29, 1.82) is 0 Å². The number of carbonyl (C=O) groups is 1. The molecule has 1 saturated heterocycles. The minimum atomic E-state index is -0.0895. The number of rotatable bonds is 2. The number of hydrogen-bond acceptors (Lipinski definition) is 4. The number of benzene rings is 1. The number of fused-ring (bicyclic) bond motifs is 1. The molecule has 1 aromatic heterocycles. The number of furan rings is 1. The number of ether oxygens (including phenoxy) is 1. The Kier molecular flexibility index (Phi) is 3.46. The molecule has 20 heavy (non-hydrogen) atoms. The van der Waals surface area contributed by atoms with Gasteiger partial charge >= 0.3 is 0 Å². The molecule has 5 nitrogen and oxygen atoms in total. The van der Waals surface area contributed by atoms with Gasteiger partial charge in [-0.25, -0.2) is 0 Å². The lowest BCUT2D eigenvalue weighted by atomic mass is 10.1. The van der Waals surface area contributed by atoms with E-state index in [-0.39, 0.29) is 18.1 Å². The van der Waals surface area contributed by atoms with E-state index < -0.39 is 0 Å². The van der Waals surface area contributed by atoms with E-state index in [0.29, 0.717) is 25.3 Å². The average Bonchev–Trinajstić information content (AvgIpc) is 2.91. The molecule has 2 unspecified atom stereocenters. The summed E-state index contributed by atoms with van der Waals surface area (Å²) >= 11 is 0. The zero-order valence-corrected chi connectivity index (χ0v) is 11.4. The lowest BCUT2D eigenvalue weighted by Gasteiger charge is -2.37. The average molecular weight is 274 g/mol. The summed E-state index contributed by atoms with van der Waals surface area (Å²) in [6.45, 7) is 3.44. The first-order chi connectivity index (χ1) is 9.70. The Balaban J connectivity index is 1.91. The normalized spacial score (nSPS) is 23.2. The number of amides is 1. The third kappa shape index (κ3) is 2.19. The van der Waals surface area contributed by atoms with Gasteiger partial charge in [0.15, 0.2) is 0 Å². The van der Waals surface area contributed by atoms with Gasteiger partial charge in [0.25, 0.3) is 5.91 Å². The molecule has 1 aliphatic heterocycles. The second kappa shape index (κ2) is 5.26. The van der Waals surface area contributed by atoms with E-state index in [4.69, 9.17) is 14.9 Å². The first-order valence-electron chi connectivity index (χ1n) is 6.79. The van der Waals surface area contributed by atoms with Crippen LogP contribution in [0.25, 0.3) is 11.0 Å². The molecule has 106 valence electrons. The summed E-state index contributed by atoms with van der Waals surface area (Å²) in [5.74, 6) is -0.0239. The molecule has 0 bridgehead atoms. The molecule has 0 radical (unpaired) electrons. The van der Waals surface area contributed by atoms with E-state index in [9.17, 15) is 4.79 Å². The van der Waals surface area contributed by atoms with Crippen molar-refractivity contribution in [3.63, 3.8) is 0 Å². The van der Waals surface area contributed by atoms with Gasteiger partial charge in [0.2, 0.25) is 0 Å². The third-order valence-electron chi connectivity index (χ3n) is 3.74. The molecule has 0 spiro atoms. The molecule has 0 saturated carbocycles. The number of nitrogens with two attached hydrogens (primary N) is 1. The highest BCUT2D eigenvalue weighted by Gasteiger charge is 2.31. The van der Waals surface area contributed by atoms with Crippen LogP contribution in [-0.2, 0) is 4.74 Å². The highest BCUT2D eigenvalue weighted by Crippen LogP contribution is 2.24. The molecule has 3 rings (SSSR count). The minimum Gasteiger partial charge on any atom is -0.463 e. The SMILES string of the molecule is CC1COC(CN)CN1C(=O)c1coc2ccccc12. The van der Waals surface area contributed by atoms with Crippen molar-refractivity contribution < 1.29 is 13.9 Å². The summed E-state index contributed by atoms with van der Waals surface area (Å²) in [6, 6.07) is 7.59. The Morgan fingerprint density at radius 2 is 2.25 bits per heavy atom. The van der Waals surface area contributed by atoms with Crippen molar-refractivity contribution in [2.24, 2.45) is 5.73 Å². The molecule has 1 aromatic carbocycles. The molecule has 1 fully saturated rings. The fourth-order valence-electron chi connectivity index (χ4n) is 2.54. The van der Waals surface area contributed by atoms with Crippen molar-refractivity contribution in [3.8, 4) is 0 Å². The van der Waals surface area contributed by atoms with Gasteiger partial charge < -0.3 is 19.8 Å². The zero-order valence-electron chi connectivity index (χ0n) is 11.4. The minimum absolute atomic E-state index is 0.0239. The molecule has 2 N–H and O–H groups in total. The van der Waals surface area contributed by atoms with Crippen molar-refractivity contribution in [2.75, 3.05) is 19.7 Å². The maximum atomic E-state index is 12.7. The topological polar surface area (TPSA) is 68.7 Å². The summed E-state index contributed by atoms with van der Waals surface area (Å²) in [4.78, 5) is 14.5. The predicted molar refractivity (Wildman–Crippen MR) is 75.5 cm³/mol. The van der Waals surface area contributed by atoms with Gasteiger partial charge in [0.1, 0.15) is 11.8 Å². The quantitative estimate of drug-likeness (QED) is 0.903. The molecule has 2 atom stereocenters. The van der Waals surface area contributed by atoms with E-state index in [0.717, 1.165) is 11.0 Å². The van der Waals surface area contributed by atoms with Crippen LogP contribution in [0.4, 0.5) is 0 Å². The van der Waals surface area contributed by atoms with E-state index in [2.05, 4.69) is 0 Å². The maximum absolute atomic E-state index is 12.7. The Labute approximate surface area is 117 Å². The first-order valence-corrected chi connectivity index (χ1v) is 6.79. The van der Waals surface area contributed by atoms with Crippen LogP contribution < -0.4 is 5.73 Å². The van der Waals surface area contributed by atoms with Crippen LogP contribution in [-0.4, -0.2) is 42.6 Å². The van der Waals surface area contributed by atoms with Gasteiger partial charge in [-0.05, 0) is 13.0 Å². The van der Waals surface area contributed by atoms with Crippen molar-refractivity contribution in [1.82, 2.24) is 4.90 Å². The maximum Gasteiger partial charge on any atom is 0.258 e. The molecule has 5 heteroatoms. The Morgan fingerprint density at radius 3 is 3.05 bits per heavy atom. The van der Waals surface area contributed by atoms with E-state index >= 15 is 0 Å². The summed E-state index contributed by atoms with van der Waals surface area (Å²) < 4.78 is 11.0. The van der Waals surface area contributed by atoms with Gasteiger partial charge in [-0.3, -0.25) is 4.79 Å². The highest BCUT2D eigenvalue weighted by atomic mass is 16.5. The summed E-state index contributed by atoms with van der Waals surface area (Å²) in [7, 11) is 0. The Bertz CT molecular complexity index is 622. The van der Waals surface area contributed by atoms with Crippen LogP contribution in [0.1, 0.15) is 17.3 Å². The van der Waals surface area contributed by atoms with Gasteiger partial charge in [-0.2, -0.15) is 0 Å². The van der Waals surface area contributed by atoms with Crippen LogP contribution in [0.3, 0.4) is 0 Å². The summed E-state index contributed by atoms with van der Waals surface area (Å²) in [5, 5.41) is 0.848. The second-order valence-electron chi connectivity index (χ2n) is 5.14. The van der Waals surface area contributed by atoms with Crippen molar-refractivity contribution in [3.05, 3.63) is 36.1 Å². The molecule has 1 aliphatic rings. The van der Waals surface area contributed by atoms with Gasteiger partial charge in [0.05, 0.1) is 24.3 Å². The molecular formula is C15H18N2O3. The van der Waals surface area contributed by atoms with E-state index in [1.807, 2.05) is 36.1 Å². The number of morpholine rings is 1. The second-order valence-corrected chi connectivity index (χ2v) is 5.14. The number of para-hydroxylation sites is 1. The number of carbonyl (C=O) groups excluding carboxylic acids is 1. The van der Waals surface area contributed by atoms with Crippen molar-refractivity contribution >= 4 is 16.9 Å². The van der Waals surface area contributed by atoms with Crippen LogP contribution in [0.15, 0.2) is 34.9 Å². The van der Waals surface area contributed by atoms with Crippen LogP contribution in [0.5, 0.6) is 0 Å². The molecule has 1 amide bonds. The summed E-state index contributed by atoms with van der Waals surface area (Å²) in [6.07, 6.45) is 1.44. The Hall–Kier alpha value is -1.85. The number of nitrogens with zero attached hydrogens (tertiary/aromatic N) is 1. The zero-order chi connectivity index (χ0) is 14.1. The van der Waals surface area contributed by atoms with E-state index in [1.165, 1.54) is 6.26 Å². The number of hydrogen-bond donors (Lipinski definition) is 1. The molecule has 0 aliphatic carbocycles. The molecule has 2 heterocycles. The van der Waals surface area contributed by atoms with Gasteiger partial charge in [-0.15, -0.1) is 0 Å². The predicted octanol–water partition coefficient (Wildman–Crippen LogP) is 1.62. The van der Waals surface area contributed by atoms with Gasteiger partial charge in [-0.1, -0.05) is 18.2 Å². The fourth-order valence-corrected chi connectivity index (χ4v) is 2.54. The van der Waals surface area contributed by atoms with Crippen LogP contribution in [0, 0.1) is 0 Å². The van der Waals surface area contributed by atoms with E-state index in [1.54, 1.807) is 0 Å².